The zero-order valence-electron chi connectivity index (χ0n) is 15.0. The van der Waals surface area contributed by atoms with Crippen molar-refractivity contribution < 1.29 is 14.3 Å². The molecule has 1 N–H and O–H groups in total. The van der Waals surface area contributed by atoms with Gasteiger partial charge in [-0.05, 0) is 44.2 Å². The predicted octanol–water partition coefficient (Wildman–Crippen LogP) is 4.28. The van der Waals surface area contributed by atoms with Crippen molar-refractivity contribution in [3.63, 3.8) is 0 Å². The van der Waals surface area contributed by atoms with Gasteiger partial charge in [-0.15, -0.1) is 11.8 Å². The molecule has 0 fully saturated rings. The summed E-state index contributed by atoms with van der Waals surface area (Å²) in [5.41, 5.74) is 0.993. The van der Waals surface area contributed by atoms with Crippen molar-refractivity contribution in [2.24, 2.45) is 0 Å². The maximum Gasteiger partial charge on any atom is 0.221 e. The number of thioether (sulfide) groups is 1. The van der Waals surface area contributed by atoms with E-state index in [4.69, 9.17) is 9.47 Å². The molecular formula is C20H25NO3S. The molecule has 0 atom stereocenters. The number of nitrogens with one attached hydrogen (secondary N) is 1. The molecule has 2 aromatic rings. The van der Waals surface area contributed by atoms with Gasteiger partial charge in [-0.2, -0.15) is 0 Å². The molecule has 0 saturated carbocycles. The van der Waals surface area contributed by atoms with E-state index in [9.17, 15) is 4.79 Å². The standard InChI is InChI=1S/C20H25NO3S/c1-15(2)24-19-7-5-4-6-16(19)14-21-20(22)12-13-25-18-10-8-17(23-3)9-11-18/h4-11,15H,12-14H2,1-3H3,(H,21,22). The summed E-state index contributed by atoms with van der Waals surface area (Å²) in [4.78, 5) is 13.2. The Balaban J connectivity index is 1.75. The molecule has 0 aliphatic heterocycles. The van der Waals surface area contributed by atoms with Crippen molar-refractivity contribution >= 4 is 17.7 Å². The van der Waals surface area contributed by atoms with Crippen LogP contribution in [0.5, 0.6) is 11.5 Å². The smallest absolute Gasteiger partial charge is 0.221 e. The maximum atomic E-state index is 12.1. The molecule has 0 radical (unpaired) electrons. The Hall–Kier alpha value is -2.14. The lowest BCUT2D eigenvalue weighted by atomic mass is 10.2. The largest absolute Gasteiger partial charge is 0.497 e. The number of carbonyl (C=O) groups excluding carboxylic acids is 1. The normalized spacial score (nSPS) is 10.6. The molecule has 0 bridgehead atoms. The quantitative estimate of drug-likeness (QED) is 0.679. The van der Waals surface area contributed by atoms with Gasteiger partial charge in [0, 0.05) is 29.2 Å². The Bertz CT molecular complexity index is 671. The van der Waals surface area contributed by atoms with E-state index in [-0.39, 0.29) is 12.0 Å². The molecule has 0 saturated heterocycles. The van der Waals surface area contributed by atoms with Crippen LogP contribution in [0.2, 0.25) is 0 Å². The lowest BCUT2D eigenvalue weighted by molar-refractivity contribution is -0.120. The minimum absolute atomic E-state index is 0.0420. The Morgan fingerprint density at radius 3 is 2.52 bits per heavy atom. The highest BCUT2D eigenvalue weighted by molar-refractivity contribution is 7.99. The second kappa shape index (κ2) is 9.99. The molecule has 2 aromatic carbocycles. The lowest BCUT2D eigenvalue weighted by Crippen LogP contribution is -2.23. The van der Waals surface area contributed by atoms with E-state index >= 15 is 0 Å². The van der Waals surface area contributed by atoms with Crippen molar-refractivity contribution in [1.82, 2.24) is 5.32 Å². The third-order valence-electron chi connectivity index (χ3n) is 3.47. The van der Waals surface area contributed by atoms with E-state index in [2.05, 4.69) is 5.32 Å². The highest BCUT2D eigenvalue weighted by Gasteiger charge is 2.07. The Labute approximate surface area is 153 Å². The van der Waals surface area contributed by atoms with Crippen LogP contribution in [-0.4, -0.2) is 24.9 Å². The number of methoxy groups -OCH3 is 1. The summed E-state index contributed by atoms with van der Waals surface area (Å²) in [6.07, 6.45) is 0.585. The molecule has 134 valence electrons. The van der Waals surface area contributed by atoms with Gasteiger partial charge in [0.15, 0.2) is 0 Å². The second-order valence-electron chi connectivity index (χ2n) is 5.83. The number of para-hydroxylation sites is 1. The molecule has 0 spiro atoms. The minimum Gasteiger partial charge on any atom is -0.497 e. The van der Waals surface area contributed by atoms with Crippen LogP contribution in [0.15, 0.2) is 53.4 Å². The van der Waals surface area contributed by atoms with Crippen LogP contribution in [0.25, 0.3) is 0 Å². The molecule has 4 nitrogen and oxygen atoms in total. The van der Waals surface area contributed by atoms with Crippen molar-refractivity contribution in [3.8, 4) is 11.5 Å². The first-order valence-electron chi connectivity index (χ1n) is 8.36. The first-order chi connectivity index (χ1) is 12.1. The summed E-state index contributed by atoms with van der Waals surface area (Å²) in [6, 6.07) is 15.7. The summed E-state index contributed by atoms with van der Waals surface area (Å²) in [7, 11) is 1.65. The minimum atomic E-state index is 0.0420. The molecule has 25 heavy (non-hydrogen) atoms. The molecule has 0 aliphatic rings. The Morgan fingerprint density at radius 1 is 1.12 bits per heavy atom. The van der Waals surface area contributed by atoms with Crippen LogP contribution in [0, 0.1) is 0 Å². The first-order valence-corrected chi connectivity index (χ1v) is 9.35. The summed E-state index contributed by atoms with van der Waals surface area (Å²) in [5, 5.41) is 2.96. The number of ether oxygens (including phenoxy) is 2. The zero-order valence-corrected chi connectivity index (χ0v) is 15.8. The number of hydrogen-bond donors (Lipinski definition) is 1. The maximum absolute atomic E-state index is 12.1. The molecule has 0 heterocycles. The third kappa shape index (κ3) is 6.70. The van der Waals surface area contributed by atoms with E-state index in [1.807, 2.05) is 62.4 Å². The van der Waals surface area contributed by atoms with Crippen molar-refractivity contribution in [2.45, 2.75) is 37.8 Å². The van der Waals surface area contributed by atoms with Gasteiger partial charge < -0.3 is 14.8 Å². The molecule has 0 aromatic heterocycles. The number of rotatable bonds is 9. The lowest BCUT2D eigenvalue weighted by Gasteiger charge is -2.14. The summed E-state index contributed by atoms with van der Waals surface area (Å²) < 4.78 is 10.9. The molecule has 0 unspecified atom stereocenters. The van der Waals surface area contributed by atoms with Crippen LogP contribution >= 0.6 is 11.8 Å². The zero-order chi connectivity index (χ0) is 18.1. The molecule has 2 rings (SSSR count). The van der Waals surface area contributed by atoms with E-state index < -0.39 is 0 Å². The third-order valence-corrected chi connectivity index (χ3v) is 4.48. The molecule has 5 heteroatoms. The van der Waals surface area contributed by atoms with Gasteiger partial charge in [-0.3, -0.25) is 4.79 Å². The predicted molar refractivity (Wildman–Crippen MR) is 102 cm³/mol. The average Bonchev–Trinajstić information content (AvgIpc) is 2.61. The van der Waals surface area contributed by atoms with E-state index in [0.717, 1.165) is 27.7 Å². The van der Waals surface area contributed by atoms with Gasteiger partial charge in [0.2, 0.25) is 5.91 Å². The summed E-state index contributed by atoms with van der Waals surface area (Å²) >= 11 is 1.66. The molecular weight excluding hydrogens is 334 g/mol. The number of amides is 1. The van der Waals surface area contributed by atoms with Crippen LogP contribution < -0.4 is 14.8 Å². The van der Waals surface area contributed by atoms with Crippen LogP contribution in [0.3, 0.4) is 0 Å². The fraction of sp³-hybridized carbons (Fsp3) is 0.350. The molecule has 0 aliphatic carbocycles. The van der Waals surface area contributed by atoms with Crippen LogP contribution in [0.1, 0.15) is 25.8 Å². The van der Waals surface area contributed by atoms with Crippen molar-refractivity contribution in [2.75, 3.05) is 12.9 Å². The fourth-order valence-electron chi connectivity index (χ4n) is 2.23. The van der Waals surface area contributed by atoms with Crippen molar-refractivity contribution in [1.29, 1.82) is 0 Å². The number of carbonyl (C=O) groups is 1. The fourth-order valence-corrected chi connectivity index (χ4v) is 3.09. The Morgan fingerprint density at radius 2 is 1.84 bits per heavy atom. The second-order valence-corrected chi connectivity index (χ2v) is 6.99. The number of benzene rings is 2. The Kier molecular flexibility index (Phi) is 7.67. The monoisotopic (exact) mass is 359 g/mol. The van der Waals surface area contributed by atoms with Crippen LogP contribution in [-0.2, 0) is 11.3 Å². The van der Waals surface area contributed by atoms with Gasteiger partial charge in [0.25, 0.3) is 0 Å². The van der Waals surface area contributed by atoms with E-state index in [1.54, 1.807) is 18.9 Å². The summed E-state index contributed by atoms with van der Waals surface area (Å²) in [6.45, 7) is 4.46. The molecule has 1 amide bonds. The summed E-state index contributed by atoms with van der Waals surface area (Å²) in [5.74, 6) is 2.44. The SMILES string of the molecule is COc1ccc(SCCC(=O)NCc2ccccc2OC(C)C)cc1. The van der Waals surface area contributed by atoms with Gasteiger partial charge in [-0.1, -0.05) is 18.2 Å². The van der Waals surface area contributed by atoms with Crippen molar-refractivity contribution in [3.05, 3.63) is 54.1 Å². The highest BCUT2D eigenvalue weighted by Crippen LogP contribution is 2.22. The van der Waals surface area contributed by atoms with Gasteiger partial charge in [0.05, 0.1) is 13.2 Å². The number of hydrogen-bond acceptors (Lipinski definition) is 4. The topological polar surface area (TPSA) is 47.6 Å². The highest BCUT2D eigenvalue weighted by atomic mass is 32.2. The average molecular weight is 359 g/mol. The first kappa shape index (κ1) is 19.2. The van der Waals surface area contributed by atoms with Gasteiger partial charge in [-0.25, -0.2) is 0 Å². The van der Waals surface area contributed by atoms with Gasteiger partial charge >= 0.3 is 0 Å². The van der Waals surface area contributed by atoms with Gasteiger partial charge in [0.1, 0.15) is 11.5 Å². The van der Waals surface area contributed by atoms with Crippen LogP contribution in [0.4, 0.5) is 0 Å². The van der Waals surface area contributed by atoms with E-state index in [1.165, 1.54) is 0 Å². The van der Waals surface area contributed by atoms with E-state index in [0.29, 0.717) is 13.0 Å².